The largest absolute Gasteiger partial charge is 0.435 e. The van der Waals surface area contributed by atoms with Gasteiger partial charge < -0.3 is 9.32 Å². The van der Waals surface area contributed by atoms with Gasteiger partial charge >= 0.3 is 0 Å². The molecule has 220 valence electrons. The van der Waals surface area contributed by atoms with Crippen LogP contribution in [0.15, 0.2) is 162 Å². The Morgan fingerprint density at radius 1 is 0.489 bits per heavy atom. The Bertz CT molecular complexity index is 2640. The molecule has 0 N–H and O–H groups in total. The minimum atomic E-state index is 0.637. The monoisotopic (exact) mass is 618 g/mol. The topological polar surface area (TPSA) is 29.3 Å². The second-order valence-electron chi connectivity index (χ2n) is 12.0. The third-order valence-electron chi connectivity index (χ3n) is 9.22. The van der Waals surface area contributed by atoms with E-state index in [0.29, 0.717) is 5.89 Å². The van der Waals surface area contributed by atoms with Gasteiger partial charge in [0.15, 0.2) is 5.76 Å². The zero-order chi connectivity index (χ0) is 30.9. The van der Waals surface area contributed by atoms with Crippen molar-refractivity contribution in [2.75, 3.05) is 4.90 Å². The van der Waals surface area contributed by atoms with E-state index < -0.39 is 0 Å². The molecule has 9 aromatic rings. The summed E-state index contributed by atoms with van der Waals surface area (Å²) < 4.78 is 9.34. The van der Waals surface area contributed by atoms with Crippen LogP contribution in [0.5, 0.6) is 0 Å². The highest BCUT2D eigenvalue weighted by atomic mass is 32.1. The lowest BCUT2D eigenvalue weighted by atomic mass is 9.99. The molecule has 2 heterocycles. The van der Waals surface area contributed by atoms with Crippen LogP contribution in [0.4, 0.5) is 17.1 Å². The molecule has 10 rings (SSSR count). The highest BCUT2D eigenvalue weighted by Crippen LogP contribution is 2.52. The first-order valence-corrected chi connectivity index (χ1v) is 16.6. The molecule has 4 heteroatoms. The minimum absolute atomic E-state index is 0.637. The van der Waals surface area contributed by atoms with Gasteiger partial charge in [-0.1, -0.05) is 109 Å². The Kier molecular flexibility index (Phi) is 5.74. The summed E-state index contributed by atoms with van der Waals surface area (Å²) in [5, 5.41) is 4.95. The number of para-hydroxylation sites is 1. The van der Waals surface area contributed by atoms with Gasteiger partial charge in [-0.3, -0.25) is 0 Å². The van der Waals surface area contributed by atoms with E-state index in [1.54, 1.807) is 0 Å². The van der Waals surface area contributed by atoms with Crippen molar-refractivity contribution >= 4 is 59.3 Å². The molecule has 0 unspecified atom stereocenters. The Hall–Kier alpha value is -5.97. The van der Waals surface area contributed by atoms with E-state index in [9.17, 15) is 0 Å². The summed E-state index contributed by atoms with van der Waals surface area (Å²) in [5.74, 6) is 1.46. The van der Waals surface area contributed by atoms with E-state index in [0.717, 1.165) is 56.3 Å². The van der Waals surface area contributed by atoms with Crippen LogP contribution in [-0.2, 0) is 0 Å². The Morgan fingerprint density at radius 3 is 2.09 bits per heavy atom. The molecule has 2 aromatic heterocycles. The van der Waals surface area contributed by atoms with Crippen molar-refractivity contribution in [3.63, 3.8) is 0 Å². The second kappa shape index (κ2) is 10.3. The van der Waals surface area contributed by atoms with Crippen LogP contribution in [-0.4, -0.2) is 4.98 Å². The SMILES string of the molecule is c1ccc(-c2ccccc2-c2nc3c(o2)-c2cc(N(c4ccccc4)c4ccc5c(c4)sc4ccccc45)cc4cccc-3c24)cc1. The fourth-order valence-electron chi connectivity index (χ4n) is 7.14. The quantitative estimate of drug-likeness (QED) is 0.192. The number of aromatic nitrogens is 1. The zero-order valence-electron chi connectivity index (χ0n) is 25.2. The minimum Gasteiger partial charge on any atom is -0.435 e. The lowest BCUT2D eigenvalue weighted by molar-refractivity contribution is 0.590. The standard InChI is InChI=1S/C43H26N2OS/c1-3-12-27(13-4-1)32-17-7-8-19-35(32)43-44-41-36-20-11-14-28-24-31(25-37(40(28)36)42(41)46-43)45(29-15-5-2-6-16-29)30-22-23-34-33-18-9-10-21-38(33)47-39(34)26-30/h1-26H. The predicted molar refractivity (Wildman–Crippen MR) is 197 cm³/mol. The van der Waals surface area contributed by atoms with Gasteiger partial charge in [0.1, 0.15) is 5.69 Å². The number of thiophene rings is 1. The van der Waals surface area contributed by atoms with Crippen LogP contribution in [0, 0.1) is 0 Å². The van der Waals surface area contributed by atoms with Gasteiger partial charge in [-0.15, -0.1) is 11.3 Å². The predicted octanol–water partition coefficient (Wildman–Crippen LogP) is 12.6. The van der Waals surface area contributed by atoms with E-state index in [1.807, 2.05) is 17.4 Å². The summed E-state index contributed by atoms with van der Waals surface area (Å²) in [5.41, 5.74) is 9.61. The van der Waals surface area contributed by atoms with Crippen molar-refractivity contribution in [1.29, 1.82) is 0 Å². The number of hydrogen-bond donors (Lipinski definition) is 0. The lowest BCUT2D eigenvalue weighted by Crippen LogP contribution is -2.09. The summed E-state index contributed by atoms with van der Waals surface area (Å²) in [6, 6.07) is 56.0. The van der Waals surface area contributed by atoms with Crippen LogP contribution in [0.3, 0.4) is 0 Å². The zero-order valence-corrected chi connectivity index (χ0v) is 26.0. The molecule has 0 radical (unpaired) electrons. The third-order valence-corrected chi connectivity index (χ3v) is 10.4. The van der Waals surface area contributed by atoms with Gasteiger partial charge in [-0.2, -0.15) is 0 Å². The van der Waals surface area contributed by atoms with Gasteiger partial charge in [0, 0.05) is 59.3 Å². The average molecular weight is 619 g/mol. The Balaban J connectivity index is 1.16. The van der Waals surface area contributed by atoms with E-state index in [1.165, 1.54) is 30.9 Å². The van der Waals surface area contributed by atoms with Crippen LogP contribution in [0.1, 0.15) is 0 Å². The molecule has 47 heavy (non-hydrogen) atoms. The van der Waals surface area contributed by atoms with E-state index in [2.05, 4.69) is 157 Å². The number of rotatable bonds is 5. The fraction of sp³-hybridized carbons (Fsp3) is 0. The van der Waals surface area contributed by atoms with Crippen LogP contribution < -0.4 is 4.90 Å². The van der Waals surface area contributed by atoms with Gasteiger partial charge in [0.25, 0.3) is 0 Å². The normalized spacial score (nSPS) is 11.8. The molecule has 0 saturated heterocycles. The molecule has 0 aliphatic heterocycles. The van der Waals surface area contributed by atoms with Crippen molar-refractivity contribution in [3.05, 3.63) is 158 Å². The van der Waals surface area contributed by atoms with E-state index in [4.69, 9.17) is 9.40 Å². The molecule has 1 aliphatic carbocycles. The molecule has 0 saturated carbocycles. The van der Waals surface area contributed by atoms with Gasteiger partial charge in [-0.05, 0) is 65.0 Å². The number of oxazole rings is 1. The van der Waals surface area contributed by atoms with Gasteiger partial charge in [0.2, 0.25) is 5.89 Å². The molecular formula is C43H26N2OS. The molecule has 0 bridgehead atoms. The highest BCUT2D eigenvalue weighted by molar-refractivity contribution is 7.25. The summed E-state index contributed by atoms with van der Waals surface area (Å²) in [6.45, 7) is 0. The van der Waals surface area contributed by atoms with Crippen molar-refractivity contribution in [2.45, 2.75) is 0 Å². The summed E-state index contributed by atoms with van der Waals surface area (Å²) in [7, 11) is 0. The first-order chi connectivity index (χ1) is 23.3. The lowest BCUT2D eigenvalue weighted by Gasteiger charge is -2.26. The maximum atomic E-state index is 6.76. The molecule has 0 fully saturated rings. The third kappa shape index (κ3) is 4.09. The molecule has 3 nitrogen and oxygen atoms in total. The first-order valence-electron chi connectivity index (χ1n) is 15.8. The average Bonchev–Trinajstić information content (AvgIpc) is 3.81. The van der Waals surface area contributed by atoms with Crippen LogP contribution >= 0.6 is 11.3 Å². The number of anilines is 3. The number of benzene rings is 7. The summed E-state index contributed by atoms with van der Waals surface area (Å²) >= 11 is 1.84. The van der Waals surface area contributed by atoms with Crippen LogP contribution in [0.25, 0.3) is 76.1 Å². The molecule has 0 amide bonds. The first kappa shape index (κ1) is 26.3. The molecule has 1 aliphatic rings. The molecule has 0 spiro atoms. The second-order valence-corrected chi connectivity index (χ2v) is 13.0. The van der Waals surface area contributed by atoms with Crippen molar-refractivity contribution in [2.24, 2.45) is 0 Å². The smallest absolute Gasteiger partial charge is 0.227 e. The molecular weight excluding hydrogens is 593 g/mol. The van der Waals surface area contributed by atoms with Crippen molar-refractivity contribution in [3.8, 4) is 45.2 Å². The fourth-order valence-corrected chi connectivity index (χ4v) is 8.27. The number of nitrogens with zero attached hydrogens (tertiary/aromatic N) is 2. The number of hydrogen-bond acceptors (Lipinski definition) is 4. The summed E-state index contributed by atoms with van der Waals surface area (Å²) in [4.78, 5) is 7.51. The van der Waals surface area contributed by atoms with Crippen LogP contribution in [0.2, 0.25) is 0 Å². The Morgan fingerprint density at radius 2 is 1.21 bits per heavy atom. The maximum Gasteiger partial charge on any atom is 0.227 e. The van der Waals surface area contributed by atoms with Gasteiger partial charge in [0.05, 0.1) is 0 Å². The highest BCUT2D eigenvalue weighted by Gasteiger charge is 2.30. The van der Waals surface area contributed by atoms with E-state index >= 15 is 0 Å². The van der Waals surface area contributed by atoms with E-state index in [-0.39, 0.29) is 0 Å². The molecule has 7 aromatic carbocycles. The van der Waals surface area contributed by atoms with Crippen molar-refractivity contribution < 1.29 is 4.42 Å². The molecule has 0 atom stereocenters. The maximum absolute atomic E-state index is 6.76. The van der Waals surface area contributed by atoms with Gasteiger partial charge in [-0.25, -0.2) is 4.98 Å². The van der Waals surface area contributed by atoms with Crippen molar-refractivity contribution in [1.82, 2.24) is 4.98 Å². The Labute approximate surface area is 275 Å². The number of fused-ring (bicyclic) bond motifs is 6. The summed E-state index contributed by atoms with van der Waals surface area (Å²) in [6.07, 6.45) is 0.